The zero-order valence-corrected chi connectivity index (χ0v) is 24.4. The van der Waals surface area contributed by atoms with Gasteiger partial charge in [0.25, 0.3) is 10.0 Å². The highest BCUT2D eigenvalue weighted by molar-refractivity contribution is 7.92. The number of anilines is 1. The van der Waals surface area contributed by atoms with Crippen molar-refractivity contribution in [1.29, 1.82) is 0 Å². The molecule has 3 aromatic carbocycles. The Labute approximate surface area is 236 Å². The molecule has 0 aromatic heterocycles. The third kappa shape index (κ3) is 7.32. The fraction of sp³-hybridized carbons (Fsp3) is 0.333. The number of nitrogens with zero attached hydrogens (tertiary/aromatic N) is 2. The van der Waals surface area contributed by atoms with Crippen molar-refractivity contribution < 1.29 is 27.5 Å². The number of benzene rings is 3. The monoisotopic (exact) mass is 567 g/mol. The number of amides is 2. The van der Waals surface area contributed by atoms with Crippen molar-refractivity contribution in [3.63, 3.8) is 0 Å². The van der Waals surface area contributed by atoms with Crippen molar-refractivity contribution in [2.75, 3.05) is 31.6 Å². The van der Waals surface area contributed by atoms with Gasteiger partial charge >= 0.3 is 0 Å². The van der Waals surface area contributed by atoms with Crippen molar-refractivity contribution in [3.8, 4) is 11.5 Å². The number of sulfonamides is 1. The number of carbonyl (C=O) groups is 2. The van der Waals surface area contributed by atoms with E-state index in [9.17, 15) is 18.0 Å². The lowest BCUT2D eigenvalue weighted by molar-refractivity contribution is -0.139. The van der Waals surface area contributed by atoms with Gasteiger partial charge in [-0.15, -0.1) is 0 Å². The standard InChI is InChI=1S/C30H37N3O6S/c1-6-18-31-30(35)23(3)32(20-24-10-8-7-9-11-24)29(34)21-33(25-14-12-22(2)13-15-25)40(36,37)26-16-17-27(38-4)28(19-26)39-5/h7-17,19,23H,6,18,20-21H2,1-5H3,(H,31,35). The molecule has 0 saturated heterocycles. The number of nitrogens with one attached hydrogen (secondary N) is 1. The van der Waals surface area contributed by atoms with Crippen LogP contribution in [0.1, 0.15) is 31.4 Å². The highest BCUT2D eigenvalue weighted by atomic mass is 32.2. The van der Waals surface area contributed by atoms with E-state index >= 15 is 0 Å². The van der Waals surface area contributed by atoms with Gasteiger partial charge in [-0.1, -0.05) is 55.0 Å². The summed E-state index contributed by atoms with van der Waals surface area (Å²) < 4.78 is 39.7. The Balaban J connectivity index is 2.04. The Hall–Kier alpha value is -4.05. The molecule has 40 heavy (non-hydrogen) atoms. The van der Waals surface area contributed by atoms with Crippen LogP contribution in [0.25, 0.3) is 0 Å². The largest absolute Gasteiger partial charge is 0.493 e. The molecule has 1 unspecified atom stereocenters. The van der Waals surface area contributed by atoms with Gasteiger partial charge in [-0.05, 0) is 50.1 Å². The molecule has 1 atom stereocenters. The minimum absolute atomic E-state index is 0.0677. The highest BCUT2D eigenvalue weighted by Crippen LogP contribution is 2.32. The lowest BCUT2D eigenvalue weighted by Gasteiger charge is -2.32. The highest BCUT2D eigenvalue weighted by Gasteiger charge is 2.33. The summed E-state index contributed by atoms with van der Waals surface area (Å²) in [6.07, 6.45) is 0.746. The van der Waals surface area contributed by atoms with E-state index in [-0.39, 0.29) is 23.1 Å². The van der Waals surface area contributed by atoms with Crippen molar-refractivity contribution in [2.45, 2.75) is 44.7 Å². The van der Waals surface area contributed by atoms with Crippen LogP contribution in [0.5, 0.6) is 11.5 Å². The summed E-state index contributed by atoms with van der Waals surface area (Å²) in [6, 6.07) is 19.6. The van der Waals surface area contributed by atoms with Gasteiger partial charge in [-0.3, -0.25) is 13.9 Å². The summed E-state index contributed by atoms with van der Waals surface area (Å²) in [4.78, 5) is 28.2. The minimum Gasteiger partial charge on any atom is -0.493 e. The Morgan fingerprint density at radius 2 is 1.57 bits per heavy atom. The van der Waals surface area contributed by atoms with Crippen LogP contribution in [0.4, 0.5) is 5.69 Å². The quantitative estimate of drug-likeness (QED) is 0.333. The van der Waals surface area contributed by atoms with Crippen molar-refractivity contribution in [3.05, 3.63) is 83.9 Å². The molecule has 3 rings (SSSR count). The van der Waals surface area contributed by atoms with Gasteiger partial charge in [-0.25, -0.2) is 8.42 Å². The molecule has 10 heteroatoms. The van der Waals surface area contributed by atoms with Gasteiger partial charge < -0.3 is 19.7 Å². The van der Waals surface area contributed by atoms with Crippen LogP contribution in [0, 0.1) is 6.92 Å². The first-order chi connectivity index (χ1) is 19.1. The molecule has 0 aliphatic carbocycles. The second kappa shape index (κ2) is 13.8. The Morgan fingerprint density at radius 3 is 2.17 bits per heavy atom. The SMILES string of the molecule is CCCNC(=O)C(C)N(Cc1ccccc1)C(=O)CN(c1ccc(C)cc1)S(=O)(=O)c1ccc(OC)c(OC)c1. The summed E-state index contributed by atoms with van der Waals surface area (Å²) in [7, 11) is -1.36. The van der Waals surface area contributed by atoms with Crippen LogP contribution in [0.2, 0.25) is 0 Å². The van der Waals surface area contributed by atoms with Gasteiger partial charge in [0, 0.05) is 19.2 Å². The molecule has 3 aromatic rings. The minimum atomic E-state index is -4.24. The molecule has 1 N–H and O–H groups in total. The number of aryl methyl sites for hydroxylation is 1. The summed E-state index contributed by atoms with van der Waals surface area (Å²) in [5.41, 5.74) is 2.07. The molecular weight excluding hydrogens is 530 g/mol. The zero-order chi connectivity index (χ0) is 29.3. The second-order valence-corrected chi connectivity index (χ2v) is 11.2. The summed E-state index contributed by atoms with van der Waals surface area (Å²) in [6.45, 7) is 5.57. The summed E-state index contributed by atoms with van der Waals surface area (Å²) in [5, 5.41) is 2.83. The van der Waals surface area contributed by atoms with Crippen LogP contribution in [-0.2, 0) is 26.2 Å². The van der Waals surface area contributed by atoms with Gasteiger partial charge in [-0.2, -0.15) is 0 Å². The van der Waals surface area contributed by atoms with E-state index in [2.05, 4.69) is 5.32 Å². The second-order valence-electron chi connectivity index (χ2n) is 9.34. The third-order valence-corrected chi connectivity index (χ3v) is 8.23. The number of methoxy groups -OCH3 is 2. The lowest BCUT2D eigenvalue weighted by atomic mass is 10.1. The van der Waals surface area contributed by atoms with Gasteiger partial charge in [0.05, 0.1) is 24.8 Å². The molecule has 0 aliphatic heterocycles. The van der Waals surface area contributed by atoms with Gasteiger partial charge in [0.1, 0.15) is 12.6 Å². The summed E-state index contributed by atoms with van der Waals surface area (Å²) >= 11 is 0. The molecule has 2 amide bonds. The third-order valence-electron chi connectivity index (χ3n) is 6.46. The molecule has 0 aliphatic rings. The number of hydrogen-bond donors (Lipinski definition) is 1. The number of hydrogen-bond acceptors (Lipinski definition) is 6. The van der Waals surface area contributed by atoms with E-state index in [1.807, 2.05) is 44.2 Å². The average molecular weight is 568 g/mol. The maximum atomic E-state index is 14.0. The number of carbonyl (C=O) groups excluding carboxylic acids is 2. The molecule has 0 fully saturated rings. The smallest absolute Gasteiger partial charge is 0.264 e. The topological polar surface area (TPSA) is 105 Å². The number of ether oxygens (including phenoxy) is 2. The molecule has 0 saturated carbocycles. The van der Waals surface area contributed by atoms with Crippen LogP contribution in [0.15, 0.2) is 77.7 Å². The fourth-order valence-corrected chi connectivity index (χ4v) is 5.53. The van der Waals surface area contributed by atoms with E-state index in [0.717, 1.165) is 21.9 Å². The van der Waals surface area contributed by atoms with Crippen LogP contribution >= 0.6 is 0 Å². The summed E-state index contributed by atoms with van der Waals surface area (Å²) in [5.74, 6) is -0.213. The first-order valence-electron chi connectivity index (χ1n) is 13.0. The zero-order valence-electron chi connectivity index (χ0n) is 23.6. The van der Waals surface area contributed by atoms with Gasteiger partial charge in [0.2, 0.25) is 11.8 Å². The van der Waals surface area contributed by atoms with Crippen LogP contribution in [-0.4, -0.2) is 58.5 Å². The Bertz CT molecular complexity index is 1390. The van der Waals surface area contributed by atoms with E-state index in [1.54, 1.807) is 31.2 Å². The molecule has 0 spiro atoms. The first kappa shape index (κ1) is 30.5. The maximum absolute atomic E-state index is 14.0. The number of rotatable bonds is 13. The predicted octanol–water partition coefficient (Wildman–Crippen LogP) is 4.15. The Kier molecular flexibility index (Phi) is 10.6. The van der Waals surface area contributed by atoms with E-state index in [1.165, 1.54) is 37.3 Å². The lowest BCUT2D eigenvalue weighted by Crippen LogP contribution is -2.51. The normalized spacial score (nSPS) is 11.8. The molecule has 9 nitrogen and oxygen atoms in total. The van der Waals surface area contributed by atoms with E-state index in [0.29, 0.717) is 18.0 Å². The van der Waals surface area contributed by atoms with Gasteiger partial charge in [0.15, 0.2) is 11.5 Å². The van der Waals surface area contributed by atoms with Crippen LogP contribution < -0.4 is 19.1 Å². The van der Waals surface area contributed by atoms with E-state index in [4.69, 9.17) is 9.47 Å². The van der Waals surface area contributed by atoms with Crippen molar-refractivity contribution >= 4 is 27.5 Å². The fourth-order valence-electron chi connectivity index (χ4n) is 4.10. The molecular formula is C30H37N3O6S. The average Bonchev–Trinajstić information content (AvgIpc) is 2.97. The first-order valence-corrected chi connectivity index (χ1v) is 14.5. The Morgan fingerprint density at radius 1 is 0.925 bits per heavy atom. The van der Waals surface area contributed by atoms with Crippen molar-refractivity contribution in [1.82, 2.24) is 10.2 Å². The molecule has 0 radical (unpaired) electrons. The maximum Gasteiger partial charge on any atom is 0.264 e. The molecule has 0 heterocycles. The van der Waals surface area contributed by atoms with Crippen molar-refractivity contribution in [2.24, 2.45) is 0 Å². The predicted molar refractivity (Wildman–Crippen MR) is 155 cm³/mol. The van der Waals surface area contributed by atoms with E-state index < -0.39 is 28.5 Å². The van der Waals surface area contributed by atoms with Crippen LogP contribution in [0.3, 0.4) is 0 Å². The molecule has 0 bridgehead atoms. The molecule has 214 valence electrons.